The molecule has 14 heavy (non-hydrogen) atoms. The lowest BCUT2D eigenvalue weighted by Gasteiger charge is -2.26. The predicted molar refractivity (Wildman–Crippen MR) is 50.6 cm³/mol. The molecule has 1 fully saturated rings. The van der Waals surface area contributed by atoms with Crippen molar-refractivity contribution in [2.45, 2.75) is 0 Å². The third-order valence-corrected chi connectivity index (χ3v) is 1.99. The van der Waals surface area contributed by atoms with Gasteiger partial charge in [-0.15, -0.1) is 0 Å². The molecular weight excluding hydrogens is 184 g/mol. The lowest BCUT2D eigenvalue weighted by Crippen LogP contribution is -2.45. The van der Waals surface area contributed by atoms with Gasteiger partial charge in [-0.25, -0.2) is 4.79 Å². The molecule has 0 radical (unpaired) electrons. The van der Waals surface area contributed by atoms with Gasteiger partial charge in [0.25, 0.3) is 0 Å². The average molecular weight is 198 g/mol. The van der Waals surface area contributed by atoms with E-state index in [1.54, 1.807) is 4.90 Å². The number of esters is 1. The molecule has 0 saturated carbocycles. The summed E-state index contributed by atoms with van der Waals surface area (Å²) < 4.78 is 4.38. The summed E-state index contributed by atoms with van der Waals surface area (Å²) in [5.74, 6) is -0.648. The van der Waals surface area contributed by atoms with Gasteiger partial charge in [0.2, 0.25) is 5.91 Å². The summed E-state index contributed by atoms with van der Waals surface area (Å²) in [6.07, 6.45) is 2.39. The van der Waals surface area contributed by atoms with Gasteiger partial charge in [-0.3, -0.25) is 4.79 Å². The fourth-order valence-electron chi connectivity index (χ4n) is 1.20. The molecule has 0 aliphatic carbocycles. The zero-order valence-electron chi connectivity index (χ0n) is 8.16. The van der Waals surface area contributed by atoms with Crippen molar-refractivity contribution in [2.24, 2.45) is 0 Å². The second-order valence-electron chi connectivity index (χ2n) is 2.93. The number of hydrogen-bond acceptors (Lipinski definition) is 4. The quantitative estimate of drug-likeness (QED) is 0.463. The van der Waals surface area contributed by atoms with Gasteiger partial charge in [0.15, 0.2) is 0 Å². The molecule has 1 aliphatic heterocycles. The van der Waals surface area contributed by atoms with E-state index in [-0.39, 0.29) is 5.91 Å². The normalized spacial score (nSPS) is 17.1. The van der Waals surface area contributed by atoms with Gasteiger partial charge in [0.1, 0.15) is 0 Å². The highest BCUT2D eigenvalue weighted by Gasteiger charge is 2.13. The molecule has 0 spiro atoms. The van der Waals surface area contributed by atoms with E-state index < -0.39 is 5.97 Å². The van der Waals surface area contributed by atoms with Crippen LogP contribution in [0.25, 0.3) is 0 Å². The Morgan fingerprint density at radius 3 is 2.50 bits per heavy atom. The van der Waals surface area contributed by atoms with Crippen molar-refractivity contribution >= 4 is 11.9 Å². The summed E-state index contributed by atoms with van der Waals surface area (Å²) in [5.41, 5.74) is 0. The second kappa shape index (κ2) is 5.39. The number of amides is 1. The molecule has 1 N–H and O–H groups in total. The first-order valence-corrected chi connectivity index (χ1v) is 4.49. The first-order valence-electron chi connectivity index (χ1n) is 4.49. The maximum atomic E-state index is 11.4. The van der Waals surface area contributed by atoms with Crippen molar-refractivity contribution in [3.05, 3.63) is 12.2 Å². The molecule has 78 valence electrons. The number of ether oxygens (including phenoxy) is 1. The van der Waals surface area contributed by atoms with Crippen molar-refractivity contribution in [1.82, 2.24) is 10.2 Å². The first kappa shape index (κ1) is 10.7. The van der Waals surface area contributed by atoms with Gasteiger partial charge < -0.3 is 15.0 Å². The Labute approximate surface area is 82.7 Å². The molecule has 0 bridgehead atoms. The van der Waals surface area contributed by atoms with Gasteiger partial charge in [-0.2, -0.15) is 0 Å². The Kier molecular flexibility index (Phi) is 4.12. The molecule has 1 amide bonds. The van der Waals surface area contributed by atoms with Gasteiger partial charge in [-0.1, -0.05) is 0 Å². The molecule has 0 atom stereocenters. The van der Waals surface area contributed by atoms with Crippen LogP contribution in [0.3, 0.4) is 0 Å². The number of carbonyl (C=O) groups is 2. The summed E-state index contributed by atoms with van der Waals surface area (Å²) in [6.45, 7) is 2.98. The van der Waals surface area contributed by atoms with Crippen LogP contribution in [0.1, 0.15) is 0 Å². The van der Waals surface area contributed by atoms with Crippen LogP contribution in [0.2, 0.25) is 0 Å². The van der Waals surface area contributed by atoms with Crippen molar-refractivity contribution in [3.8, 4) is 0 Å². The minimum absolute atomic E-state index is 0.142. The van der Waals surface area contributed by atoms with Crippen molar-refractivity contribution in [2.75, 3.05) is 33.3 Å². The van der Waals surface area contributed by atoms with Gasteiger partial charge in [-0.05, 0) is 0 Å². The maximum Gasteiger partial charge on any atom is 0.330 e. The number of methoxy groups -OCH3 is 1. The van der Waals surface area contributed by atoms with E-state index in [0.29, 0.717) is 13.1 Å². The Morgan fingerprint density at radius 2 is 1.93 bits per heavy atom. The zero-order valence-corrected chi connectivity index (χ0v) is 8.16. The molecule has 1 aliphatic rings. The fraction of sp³-hybridized carbons (Fsp3) is 0.556. The molecule has 1 rings (SSSR count). The third-order valence-electron chi connectivity index (χ3n) is 1.99. The Morgan fingerprint density at radius 1 is 1.29 bits per heavy atom. The molecule has 1 saturated heterocycles. The Hall–Kier alpha value is -1.36. The molecule has 5 nitrogen and oxygen atoms in total. The molecule has 0 aromatic carbocycles. The standard InChI is InChI=1S/C9H14N2O3/c1-14-9(13)3-2-8(12)11-6-4-10-5-7-11/h2-3,10H,4-7H2,1H3/b3-2+. The molecule has 5 heteroatoms. The highest BCUT2D eigenvalue weighted by atomic mass is 16.5. The number of hydrogen-bond donors (Lipinski definition) is 1. The van der Waals surface area contributed by atoms with Gasteiger partial charge >= 0.3 is 5.97 Å². The van der Waals surface area contributed by atoms with Crippen molar-refractivity contribution in [3.63, 3.8) is 0 Å². The Balaban J connectivity index is 2.40. The fourth-order valence-corrected chi connectivity index (χ4v) is 1.20. The van der Waals surface area contributed by atoms with E-state index >= 15 is 0 Å². The summed E-state index contributed by atoms with van der Waals surface area (Å²) in [6, 6.07) is 0. The molecule has 0 aromatic heterocycles. The maximum absolute atomic E-state index is 11.4. The zero-order chi connectivity index (χ0) is 10.4. The van der Waals surface area contributed by atoms with Crippen molar-refractivity contribution in [1.29, 1.82) is 0 Å². The summed E-state index contributed by atoms with van der Waals surface area (Å²) in [5, 5.41) is 3.14. The number of rotatable bonds is 2. The van der Waals surface area contributed by atoms with Crippen LogP contribution in [0.5, 0.6) is 0 Å². The summed E-state index contributed by atoms with van der Waals surface area (Å²) >= 11 is 0. The van der Waals surface area contributed by atoms with E-state index in [9.17, 15) is 9.59 Å². The highest BCUT2D eigenvalue weighted by molar-refractivity contribution is 5.94. The van der Waals surface area contributed by atoms with Crippen LogP contribution in [-0.4, -0.2) is 50.1 Å². The van der Waals surface area contributed by atoms with Gasteiger partial charge in [0.05, 0.1) is 7.11 Å². The van der Waals surface area contributed by atoms with Crippen LogP contribution in [0.4, 0.5) is 0 Å². The van der Waals surface area contributed by atoms with Crippen molar-refractivity contribution < 1.29 is 14.3 Å². The van der Waals surface area contributed by atoms with E-state index in [2.05, 4.69) is 10.1 Å². The smallest absolute Gasteiger partial charge is 0.330 e. The molecular formula is C9H14N2O3. The molecule has 0 aromatic rings. The van der Waals surface area contributed by atoms with Gasteiger partial charge in [0, 0.05) is 38.3 Å². The second-order valence-corrected chi connectivity index (χ2v) is 2.93. The largest absolute Gasteiger partial charge is 0.466 e. The number of nitrogens with one attached hydrogen (secondary N) is 1. The topological polar surface area (TPSA) is 58.6 Å². The SMILES string of the molecule is COC(=O)/C=C/C(=O)N1CCNCC1. The number of nitrogens with zero attached hydrogens (tertiary/aromatic N) is 1. The van der Waals surface area contributed by atoms with Crippen LogP contribution in [0, 0.1) is 0 Å². The molecule has 1 heterocycles. The van der Waals surface area contributed by atoms with E-state index in [1.807, 2.05) is 0 Å². The predicted octanol–water partition coefficient (Wildman–Crippen LogP) is -0.853. The minimum Gasteiger partial charge on any atom is -0.466 e. The van der Waals surface area contributed by atoms with Crippen LogP contribution >= 0.6 is 0 Å². The van der Waals surface area contributed by atoms with E-state index in [4.69, 9.17) is 0 Å². The van der Waals surface area contributed by atoms with E-state index in [1.165, 1.54) is 13.2 Å². The monoisotopic (exact) mass is 198 g/mol. The Bertz CT molecular complexity index is 244. The lowest BCUT2D eigenvalue weighted by molar-refractivity contribution is -0.135. The number of carbonyl (C=O) groups excluding carboxylic acids is 2. The minimum atomic E-state index is -0.506. The highest BCUT2D eigenvalue weighted by Crippen LogP contribution is 1.94. The number of piperazine rings is 1. The summed E-state index contributed by atoms with van der Waals surface area (Å²) in [4.78, 5) is 23.8. The third kappa shape index (κ3) is 3.18. The molecule has 0 unspecified atom stereocenters. The first-order chi connectivity index (χ1) is 6.74. The summed E-state index contributed by atoms with van der Waals surface area (Å²) in [7, 11) is 1.28. The lowest BCUT2D eigenvalue weighted by atomic mass is 10.3. The van der Waals surface area contributed by atoms with Crippen LogP contribution < -0.4 is 5.32 Å². The van der Waals surface area contributed by atoms with Crippen LogP contribution in [-0.2, 0) is 14.3 Å². The van der Waals surface area contributed by atoms with Crippen LogP contribution in [0.15, 0.2) is 12.2 Å². The van der Waals surface area contributed by atoms with E-state index in [0.717, 1.165) is 19.2 Å². The average Bonchev–Trinajstić information content (AvgIpc) is 2.26.